The summed E-state index contributed by atoms with van der Waals surface area (Å²) in [5.74, 6) is -0.168. The van der Waals surface area contributed by atoms with Crippen LogP contribution in [-0.2, 0) is 20.2 Å². The second-order valence-electron chi connectivity index (χ2n) is 7.17. The highest BCUT2D eigenvalue weighted by Crippen LogP contribution is 2.37. The van der Waals surface area contributed by atoms with Gasteiger partial charge in [-0.15, -0.1) is 0 Å². The molecule has 0 amide bonds. The second kappa shape index (κ2) is 9.51. The van der Waals surface area contributed by atoms with E-state index in [1.54, 1.807) is 0 Å². The van der Waals surface area contributed by atoms with Gasteiger partial charge in [0, 0.05) is 11.1 Å². The van der Waals surface area contributed by atoms with E-state index < -0.39 is 41.8 Å². The molecule has 0 bridgehead atoms. The van der Waals surface area contributed by atoms with E-state index in [9.17, 15) is 25.9 Å². The number of nitrogens with one attached hydrogen (secondary N) is 1. The molecule has 0 fully saturated rings. The first kappa shape index (κ1) is 25.0. The fraction of sp³-hybridized carbons (Fsp3) is 0.0500. The monoisotopic (exact) mass is 528 g/mol. The molecule has 1 unspecified atom stereocenters. The molecule has 5 N–H and O–H groups in total. The van der Waals surface area contributed by atoms with Gasteiger partial charge in [0.15, 0.2) is 11.6 Å². The maximum Gasteiger partial charge on any atom is 0.295 e. The first-order chi connectivity index (χ1) is 17.0. The van der Waals surface area contributed by atoms with Crippen molar-refractivity contribution < 1.29 is 25.9 Å². The Labute approximate surface area is 204 Å². The molecule has 2 aromatic heterocycles. The van der Waals surface area contributed by atoms with Crippen molar-refractivity contribution in [2.45, 2.75) is 15.8 Å². The van der Waals surface area contributed by atoms with Gasteiger partial charge in [-0.3, -0.25) is 9.11 Å². The lowest BCUT2D eigenvalue weighted by Crippen LogP contribution is -2.26. The summed E-state index contributed by atoms with van der Waals surface area (Å²) in [6.07, 6.45) is 4.54. The topological polar surface area (TPSA) is 236 Å². The molecular formula is C20H16N8O6S2. The molecule has 16 heteroatoms. The van der Waals surface area contributed by atoms with Crippen LogP contribution in [0.5, 0.6) is 0 Å². The van der Waals surface area contributed by atoms with Gasteiger partial charge in [0.2, 0.25) is 0 Å². The van der Waals surface area contributed by atoms with E-state index in [1.807, 2.05) is 0 Å². The summed E-state index contributed by atoms with van der Waals surface area (Å²) in [6, 6.07) is 6.15. The third-order valence-electron chi connectivity index (χ3n) is 5.00. The summed E-state index contributed by atoms with van der Waals surface area (Å²) in [5, 5.41) is 8.66. The minimum absolute atomic E-state index is 0.0180. The smallest absolute Gasteiger partial charge is 0.295 e. The predicted molar refractivity (Wildman–Crippen MR) is 124 cm³/mol. The fourth-order valence-electron chi connectivity index (χ4n) is 3.51. The molecule has 0 aliphatic heterocycles. The first-order valence-corrected chi connectivity index (χ1v) is 12.7. The minimum Gasteiger partial charge on any atom is -0.319 e. The third-order valence-corrected chi connectivity index (χ3v) is 6.87. The Bertz CT molecular complexity index is 1670. The van der Waals surface area contributed by atoms with Crippen molar-refractivity contribution in [3.63, 3.8) is 0 Å². The van der Waals surface area contributed by atoms with Crippen LogP contribution in [0.3, 0.4) is 0 Å². The number of hydrogen-bond donors (Lipinski definition) is 4. The third kappa shape index (κ3) is 4.83. The average molecular weight is 529 g/mol. The van der Waals surface area contributed by atoms with Gasteiger partial charge in [-0.1, -0.05) is 24.3 Å². The van der Waals surface area contributed by atoms with Crippen molar-refractivity contribution in [3.05, 3.63) is 72.8 Å². The van der Waals surface area contributed by atoms with Gasteiger partial charge >= 0.3 is 0 Å². The van der Waals surface area contributed by atoms with Gasteiger partial charge < -0.3 is 11.1 Å². The zero-order valence-electron chi connectivity index (χ0n) is 18.0. The van der Waals surface area contributed by atoms with Crippen LogP contribution in [-0.4, -0.2) is 61.6 Å². The van der Waals surface area contributed by atoms with E-state index in [0.29, 0.717) is 0 Å². The molecule has 0 radical (unpaired) electrons. The number of nitrogens with zero attached hydrogens (tertiary/aromatic N) is 6. The van der Waals surface area contributed by atoms with Crippen LogP contribution < -0.4 is 5.73 Å². The van der Waals surface area contributed by atoms with Crippen molar-refractivity contribution in [1.82, 2.24) is 29.9 Å². The molecule has 0 saturated heterocycles. The quantitative estimate of drug-likeness (QED) is 0.193. The molecule has 184 valence electrons. The van der Waals surface area contributed by atoms with Crippen LogP contribution in [0.4, 0.5) is 0 Å². The summed E-state index contributed by atoms with van der Waals surface area (Å²) in [7, 11) is -9.80. The van der Waals surface area contributed by atoms with E-state index in [-0.39, 0.29) is 33.9 Å². The molecule has 0 saturated carbocycles. The molecule has 14 nitrogen and oxygen atoms in total. The van der Waals surface area contributed by atoms with Gasteiger partial charge in [0.25, 0.3) is 20.2 Å². The van der Waals surface area contributed by atoms with Gasteiger partial charge in [-0.25, -0.2) is 29.9 Å². The lowest BCUT2D eigenvalue weighted by atomic mass is 9.93. The highest BCUT2D eigenvalue weighted by Gasteiger charge is 2.32. The van der Waals surface area contributed by atoms with E-state index in [4.69, 9.17) is 11.1 Å². The Kier molecular flexibility index (Phi) is 6.61. The van der Waals surface area contributed by atoms with Crippen LogP contribution in [0, 0.1) is 5.41 Å². The summed E-state index contributed by atoms with van der Waals surface area (Å²) >= 11 is 0. The summed E-state index contributed by atoms with van der Waals surface area (Å²) in [6.45, 7) is 0. The van der Waals surface area contributed by atoms with Crippen LogP contribution in [0.25, 0.3) is 22.8 Å². The lowest BCUT2D eigenvalue weighted by Gasteiger charge is -2.20. The van der Waals surface area contributed by atoms with E-state index in [1.165, 1.54) is 43.0 Å². The Balaban J connectivity index is 2.02. The lowest BCUT2D eigenvalue weighted by molar-refractivity contribution is 0.479. The molecular weight excluding hydrogens is 512 g/mol. The molecule has 4 aromatic rings. The normalized spacial score (nSPS) is 12.8. The van der Waals surface area contributed by atoms with E-state index >= 15 is 0 Å². The predicted octanol–water partition coefficient (Wildman–Crippen LogP) is 0.952. The van der Waals surface area contributed by atoms with Crippen molar-refractivity contribution >= 4 is 25.9 Å². The first-order valence-electron chi connectivity index (χ1n) is 9.80. The fourth-order valence-corrected chi connectivity index (χ4v) is 5.17. The van der Waals surface area contributed by atoms with Gasteiger partial charge in [0.05, 0.1) is 22.2 Å². The van der Waals surface area contributed by atoms with E-state index in [0.717, 1.165) is 18.7 Å². The molecule has 0 aliphatic rings. The SMILES string of the molecule is N=C(c1ccc(-c2ncncn2)c(-c2ncncn2)c1S(=O)(=O)O)C(N)c1ccccc1S(=O)(=O)O. The van der Waals surface area contributed by atoms with Crippen LogP contribution >= 0.6 is 0 Å². The van der Waals surface area contributed by atoms with Crippen molar-refractivity contribution in [2.24, 2.45) is 5.73 Å². The molecule has 2 heterocycles. The highest BCUT2D eigenvalue weighted by molar-refractivity contribution is 7.86. The summed E-state index contributed by atoms with van der Waals surface area (Å²) in [5.41, 5.74) is 4.87. The van der Waals surface area contributed by atoms with Gasteiger partial charge in [0.1, 0.15) is 30.2 Å². The molecule has 0 aliphatic carbocycles. The summed E-state index contributed by atoms with van der Waals surface area (Å²) < 4.78 is 68.9. The van der Waals surface area contributed by atoms with Gasteiger partial charge in [-0.2, -0.15) is 16.8 Å². The zero-order valence-corrected chi connectivity index (χ0v) is 19.6. The zero-order chi connectivity index (χ0) is 26.1. The van der Waals surface area contributed by atoms with Crippen molar-refractivity contribution in [1.29, 1.82) is 5.41 Å². The average Bonchev–Trinajstić information content (AvgIpc) is 2.87. The highest BCUT2D eigenvalue weighted by atomic mass is 32.2. The molecule has 0 spiro atoms. The van der Waals surface area contributed by atoms with E-state index in [2.05, 4.69) is 29.9 Å². The van der Waals surface area contributed by atoms with Crippen molar-refractivity contribution in [2.75, 3.05) is 0 Å². The number of nitrogens with two attached hydrogens (primary N) is 1. The largest absolute Gasteiger partial charge is 0.319 e. The van der Waals surface area contributed by atoms with Crippen molar-refractivity contribution in [3.8, 4) is 22.8 Å². The molecule has 1 atom stereocenters. The Morgan fingerprint density at radius 3 is 1.92 bits per heavy atom. The molecule has 2 aromatic carbocycles. The second-order valence-corrected chi connectivity index (χ2v) is 9.92. The maximum atomic E-state index is 12.7. The standard InChI is InChI=1S/C20H16N8O6S2/c21-16(11-3-1-2-4-14(11)35(29,30)31)17(22)13-6-5-12(19-25-7-23-8-26-19)15(18(13)36(32,33)34)20-27-9-24-10-28-20/h1-10,16,22H,21H2,(H,29,30,31)(H,32,33,34). The number of benzene rings is 2. The number of hydrogen-bond acceptors (Lipinski definition) is 12. The Morgan fingerprint density at radius 2 is 1.36 bits per heavy atom. The molecule has 4 rings (SSSR count). The minimum atomic E-state index is -5.08. The van der Waals surface area contributed by atoms with Crippen LogP contribution in [0.2, 0.25) is 0 Å². The maximum absolute atomic E-state index is 12.7. The Morgan fingerprint density at radius 1 is 0.806 bits per heavy atom. The Hall–Kier alpha value is -4.09. The van der Waals surface area contributed by atoms with Crippen LogP contribution in [0.1, 0.15) is 17.2 Å². The molecule has 36 heavy (non-hydrogen) atoms. The summed E-state index contributed by atoms with van der Waals surface area (Å²) in [4.78, 5) is 22.1. The number of aromatic nitrogens is 6. The van der Waals surface area contributed by atoms with Crippen LogP contribution in [0.15, 0.2) is 71.5 Å². The number of rotatable bonds is 7. The van der Waals surface area contributed by atoms with Gasteiger partial charge in [-0.05, 0) is 17.7 Å².